The van der Waals surface area contributed by atoms with Gasteiger partial charge in [-0.05, 0) is 19.9 Å². The summed E-state index contributed by atoms with van der Waals surface area (Å²) in [5, 5.41) is 7.30. The van der Waals surface area contributed by atoms with Crippen LogP contribution in [-0.4, -0.2) is 46.8 Å². The Hall–Kier alpha value is -1.36. The minimum absolute atomic E-state index is 0.120. The fourth-order valence-corrected chi connectivity index (χ4v) is 1.33. The summed E-state index contributed by atoms with van der Waals surface area (Å²) in [5.74, 6) is 0.120. The lowest BCUT2D eigenvalue weighted by atomic mass is 10.3. The van der Waals surface area contributed by atoms with Gasteiger partial charge in [0, 0.05) is 32.0 Å². The molecule has 0 radical (unpaired) electrons. The second-order valence-corrected chi connectivity index (χ2v) is 3.92. The third kappa shape index (κ3) is 4.02. The van der Waals surface area contributed by atoms with Gasteiger partial charge in [0.15, 0.2) is 0 Å². The van der Waals surface area contributed by atoms with Crippen LogP contribution in [0.5, 0.6) is 0 Å². The summed E-state index contributed by atoms with van der Waals surface area (Å²) in [4.78, 5) is 13.2. The number of aromatic nitrogens is 2. The van der Waals surface area contributed by atoms with Crippen molar-refractivity contribution in [3.8, 4) is 0 Å². The molecule has 0 aliphatic carbocycles. The molecule has 0 saturated heterocycles. The number of carbonyl (C=O) groups is 1. The molecule has 1 aromatic heterocycles. The molecule has 0 aliphatic rings. The number of amides is 1. The summed E-state index contributed by atoms with van der Waals surface area (Å²) < 4.78 is 1.85. The van der Waals surface area contributed by atoms with Gasteiger partial charge in [0.25, 0.3) is 0 Å². The van der Waals surface area contributed by atoms with Crippen LogP contribution in [0.1, 0.15) is 13.8 Å². The normalized spacial score (nSPS) is 12.4. The van der Waals surface area contributed by atoms with E-state index in [2.05, 4.69) is 10.4 Å². The Kier molecular flexibility index (Phi) is 4.98. The number of hydrogen-bond donors (Lipinski definition) is 1. The molecule has 1 unspecified atom stereocenters. The molecule has 90 valence electrons. The highest BCUT2D eigenvalue weighted by Gasteiger charge is 2.08. The summed E-state index contributed by atoms with van der Waals surface area (Å²) in [6.45, 7) is 5.91. The highest BCUT2D eigenvalue weighted by atomic mass is 16.2. The van der Waals surface area contributed by atoms with Crippen molar-refractivity contribution in [3.63, 3.8) is 0 Å². The lowest BCUT2D eigenvalue weighted by Gasteiger charge is -2.18. The first-order valence-corrected chi connectivity index (χ1v) is 5.58. The van der Waals surface area contributed by atoms with Gasteiger partial charge in [0.1, 0.15) is 0 Å². The van der Waals surface area contributed by atoms with E-state index in [1.807, 2.05) is 37.8 Å². The summed E-state index contributed by atoms with van der Waals surface area (Å²) in [6, 6.07) is 2.12. The smallest absolute Gasteiger partial charge is 0.236 e. The number of likely N-dealkylation sites (N-methyl/N-ethyl adjacent to an activating group) is 1. The van der Waals surface area contributed by atoms with E-state index in [-0.39, 0.29) is 11.9 Å². The van der Waals surface area contributed by atoms with Crippen LogP contribution in [0.3, 0.4) is 0 Å². The first-order valence-electron chi connectivity index (χ1n) is 5.58. The number of carbonyl (C=O) groups excluding carboxylic acids is 1. The van der Waals surface area contributed by atoms with Crippen molar-refractivity contribution in [3.05, 3.63) is 18.5 Å². The number of nitrogens with one attached hydrogen (secondary N) is 1. The Labute approximate surface area is 96.4 Å². The average Bonchev–Trinajstić information content (AvgIpc) is 2.77. The highest BCUT2D eigenvalue weighted by Crippen LogP contribution is 1.91. The van der Waals surface area contributed by atoms with Crippen molar-refractivity contribution in [2.24, 2.45) is 0 Å². The monoisotopic (exact) mass is 224 g/mol. The van der Waals surface area contributed by atoms with Crippen LogP contribution in [0.15, 0.2) is 18.5 Å². The minimum Gasteiger partial charge on any atom is -0.345 e. The maximum Gasteiger partial charge on any atom is 0.236 e. The first kappa shape index (κ1) is 12.7. The fraction of sp³-hybridized carbons (Fsp3) is 0.636. The number of nitrogens with zero attached hydrogens (tertiary/aromatic N) is 3. The number of rotatable bonds is 6. The van der Waals surface area contributed by atoms with E-state index in [9.17, 15) is 4.79 Å². The van der Waals surface area contributed by atoms with Crippen LogP contribution < -0.4 is 5.32 Å². The quantitative estimate of drug-likeness (QED) is 0.758. The Morgan fingerprint density at radius 2 is 2.38 bits per heavy atom. The van der Waals surface area contributed by atoms with E-state index in [4.69, 9.17) is 0 Å². The highest BCUT2D eigenvalue weighted by molar-refractivity contribution is 5.77. The third-order valence-electron chi connectivity index (χ3n) is 2.52. The predicted octanol–water partition coefficient (Wildman–Crippen LogP) is 0.339. The van der Waals surface area contributed by atoms with Crippen LogP contribution in [0.25, 0.3) is 0 Å². The van der Waals surface area contributed by atoms with Gasteiger partial charge in [-0.15, -0.1) is 0 Å². The Balaban J connectivity index is 2.25. The lowest BCUT2D eigenvalue weighted by Crippen LogP contribution is -2.40. The Bertz CT molecular complexity index is 310. The van der Waals surface area contributed by atoms with Crippen molar-refractivity contribution < 1.29 is 4.79 Å². The summed E-state index contributed by atoms with van der Waals surface area (Å²) >= 11 is 0. The zero-order chi connectivity index (χ0) is 12.0. The van der Waals surface area contributed by atoms with Crippen molar-refractivity contribution in [2.45, 2.75) is 26.4 Å². The second kappa shape index (κ2) is 6.27. The van der Waals surface area contributed by atoms with E-state index < -0.39 is 0 Å². The molecule has 0 aliphatic heterocycles. The van der Waals surface area contributed by atoms with E-state index in [1.165, 1.54) is 0 Å². The standard InChI is InChI=1S/C11H20N4O/c1-4-14(3)11(16)8-12-10(2)9-15-7-5-6-13-15/h5-7,10,12H,4,8-9H2,1-3H3. The molecule has 0 bridgehead atoms. The average molecular weight is 224 g/mol. The minimum atomic E-state index is 0.120. The van der Waals surface area contributed by atoms with Crippen LogP contribution in [0, 0.1) is 0 Å². The van der Waals surface area contributed by atoms with Gasteiger partial charge < -0.3 is 10.2 Å². The summed E-state index contributed by atoms with van der Waals surface area (Å²) in [6.07, 6.45) is 3.67. The molecule has 1 atom stereocenters. The van der Waals surface area contributed by atoms with Gasteiger partial charge in [0.05, 0.1) is 13.1 Å². The van der Waals surface area contributed by atoms with Crippen molar-refractivity contribution >= 4 is 5.91 Å². The second-order valence-electron chi connectivity index (χ2n) is 3.92. The van der Waals surface area contributed by atoms with Gasteiger partial charge in [-0.25, -0.2) is 0 Å². The first-order chi connectivity index (χ1) is 7.63. The fourth-order valence-electron chi connectivity index (χ4n) is 1.33. The molecule has 1 heterocycles. The number of hydrogen-bond acceptors (Lipinski definition) is 3. The molecule has 0 saturated carbocycles. The van der Waals surface area contributed by atoms with Crippen molar-refractivity contribution in [2.75, 3.05) is 20.1 Å². The molecular formula is C11H20N4O. The lowest BCUT2D eigenvalue weighted by molar-refractivity contribution is -0.128. The SMILES string of the molecule is CCN(C)C(=O)CNC(C)Cn1cccn1. The van der Waals surface area contributed by atoms with Crippen LogP contribution in [-0.2, 0) is 11.3 Å². The van der Waals surface area contributed by atoms with Crippen molar-refractivity contribution in [1.82, 2.24) is 20.0 Å². The van der Waals surface area contributed by atoms with Gasteiger partial charge in [-0.2, -0.15) is 5.10 Å². The third-order valence-corrected chi connectivity index (χ3v) is 2.52. The molecule has 1 aromatic rings. The topological polar surface area (TPSA) is 50.2 Å². The van der Waals surface area contributed by atoms with Crippen LogP contribution >= 0.6 is 0 Å². The molecule has 5 nitrogen and oxygen atoms in total. The zero-order valence-corrected chi connectivity index (χ0v) is 10.2. The van der Waals surface area contributed by atoms with Gasteiger partial charge in [0.2, 0.25) is 5.91 Å². The maximum atomic E-state index is 11.5. The van der Waals surface area contributed by atoms with Gasteiger partial charge >= 0.3 is 0 Å². The molecule has 0 fully saturated rings. The summed E-state index contributed by atoms with van der Waals surface area (Å²) in [7, 11) is 1.81. The molecule has 1 rings (SSSR count). The van der Waals surface area contributed by atoms with E-state index in [1.54, 1.807) is 11.1 Å². The molecule has 1 amide bonds. The molecule has 0 aromatic carbocycles. The summed E-state index contributed by atoms with van der Waals surface area (Å²) in [5.41, 5.74) is 0. The van der Waals surface area contributed by atoms with E-state index in [0.29, 0.717) is 6.54 Å². The molecule has 0 spiro atoms. The maximum absolute atomic E-state index is 11.5. The molecular weight excluding hydrogens is 204 g/mol. The Morgan fingerprint density at radius 1 is 1.62 bits per heavy atom. The van der Waals surface area contributed by atoms with E-state index in [0.717, 1.165) is 13.1 Å². The van der Waals surface area contributed by atoms with Crippen LogP contribution in [0.4, 0.5) is 0 Å². The van der Waals surface area contributed by atoms with Gasteiger partial charge in [-0.1, -0.05) is 0 Å². The molecule has 1 N–H and O–H groups in total. The van der Waals surface area contributed by atoms with Gasteiger partial charge in [-0.3, -0.25) is 9.48 Å². The van der Waals surface area contributed by atoms with Crippen molar-refractivity contribution in [1.29, 1.82) is 0 Å². The zero-order valence-electron chi connectivity index (χ0n) is 10.2. The van der Waals surface area contributed by atoms with Crippen LogP contribution in [0.2, 0.25) is 0 Å². The molecule has 5 heteroatoms. The molecule has 16 heavy (non-hydrogen) atoms. The predicted molar refractivity (Wildman–Crippen MR) is 63.0 cm³/mol. The Morgan fingerprint density at radius 3 is 2.94 bits per heavy atom. The largest absolute Gasteiger partial charge is 0.345 e. The van der Waals surface area contributed by atoms with E-state index >= 15 is 0 Å².